The number of nitrogens with zero attached hydrogens (tertiary/aromatic N) is 1. The molecule has 0 aromatic carbocycles. The van der Waals surface area contributed by atoms with Crippen molar-refractivity contribution in [2.75, 3.05) is 13.2 Å². The molecule has 2 aromatic heterocycles. The first kappa shape index (κ1) is 14.7. The summed E-state index contributed by atoms with van der Waals surface area (Å²) < 4.78 is 5.30. The van der Waals surface area contributed by atoms with E-state index in [4.69, 9.17) is 4.74 Å². The number of hydrogen-bond acceptors (Lipinski definition) is 5. The van der Waals surface area contributed by atoms with E-state index in [-0.39, 0.29) is 17.9 Å². The summed E-state index contributed by atoms with van der Waals surface area (Å²) >= 11 is 3.32. The van der Waals surface area contributed by atoms with Gasteiger partial charge in [-0.25, -0.2) is 4.98 Å². The van der Waals surface area contributed by atoms with Crippen molar-refractivity contribution < 1.29 is 9.53 Å². The first-order valence-corrected chi connectivity index (χ1v) is 8.81. The molecule has 1 aliphatic heterocycles. The number of nitrogens with one attached hydrogen (secondary N) is 1. The highest BCUT2D eigenvalue weighted by molar-refractivity contribution is 7.10. The second-order valence-corrected chi connectivity index (χ2v) is 7.15. The lowest BCUT2D eigenvalue weighted by Gasteiger charge is -2.18. The number of aryl methyl sites for hydroxylation is 1. The van der Waals surface area contributed by atoms with Crippen LogP contribution in [0, 0.1) is 12.8 Å². The van der Waals surface area contributed by atoms with Crippen LogP contribution in [-0.4, -0.2) is 24.1 Å². The maximum atomic E-state index is 12.4. The van der Waals surface area contributed by atoms with E-state index in [2.05, 4.69) is 21.7 Å². The number of carbonyl (C=O) groups is 1. The molecular formula is C15H18N2O2S2. The molecule has 1 N–H and O–H groups in total. The van der Waals surface area contributed by atoms with E-state index < -0.39 is 0 Å². The molecule has 4 nitrogen and oxygen atoms in total. The molecule has 3 heterocycles. The minimum atomic E-state index is -0.0459. The number of rotatable bonds is 5. The van der Waals surface area contributed by atoms with Crippen LogP contribution in [0.3, 0.4) is 0 Å². The van der Waals surface area contributed by atoms with Gasteiger partial charge in [0.05, 0.1) is 18.6 Å². The van der Waals surface area contributed by atoms with Crippen LogP contribution in [0.5, 0.6) is 0 Å². The van der Waals surface area contributed by atoms with Crippen LogP contribution in [0.2, 0.25) is 0 Å². The predicted octanol–water partition coefficient (Wildman–Crippen LogP) is 2.95. The molecule has 2 atom stereocenters. The zero-order valence-electron chi connectivity index (χ0n) is 11.9. The molecule has 0 radical (unpaired) electrons. The van der Waals surface area contributed by atoms with Gasteiger partial charge in [0, 0.05) is 29.0 Å². The Kier molecular flexibility index (Phi) is 4.67. The molecular weight excluding hydrogens is 304 g/mol. The van der Waals surface area contributed by atoms with E-state index in [0.717, 1.165) is 23.5 Å². The first-order valence-electron chi connectivity index (χ1n) is 7.05. The number of amides is 1. The summed E-state index contributed by atoms with van der Waals surface area (Å²) in [4.78, 5) is 18.2. The summed E-state index contributed by atoms with van der Waals surface area (Å²) in [5.41, 5.74) is 1.00. The Bertz CT molecular complexity index is 589. The van der Waals surface area contributed by atoms with E-state index in [1.807, 2.05) is 18.4 Å². The highest BCUT2D eigenvalue weighted by Gasteiger charge is 2.27. The van der Waals surface area contributed by atoms with Crippen molar-refractivity contribution in [3.05, 3.63) is 38.5 Å². The summed E-state index contributed by atoms with van der Waals surface area (Å²) in [7, 11) is 0. The van der Waals surface area contributed by atoms with Gasteiger partial charge in [-0.15, -0.1) is 22.7 Å². The van der Waals surface area contributed by atoms with Crippen molar-refractivity contribution in [2.24, 2.45) is 5.92 Å². The largest absolute Gasteiger partial charge is 0.381 e. The standard InChI is InChI=1S/C15H18N2O2S2/c1-10-9-21-15(16-10)13(7-12-3-2-6-20-12)17-14(18)11-4-5-19-8-11/h2-3,6,9,11,13H,4-5,7-8H2,1H3,(H,17,18)/t11-,13+/m1/s1. The Morgan fingerprint density at radius 2 is 2.48 bits per heavy atom. The normalized spacial score (nSPS) is 19.6. The third-order valence-corrected chi connectivity index (χ3v) is 5.51. The summed E-state index contributed by atoms with van der Waals surface area (Å²) in [6.07, 6.45) is 1.61. The first-order chi connectivity index (χ1) is 10.2. The minimum Gasteiger partial charge on any atom is -0.381 e. The monoisotopic (exact) mass is 322 g/mol. The average Bonchev–Trinajstić information content (AvgIpc) is 3.20. The molecule has 0 aliphatic carbocycles. The van der Waals surface area contributed by atoms with Gasteiger partial charge in [0.2, 0.25) is 5.91 Å². The fourth-order valence-corrected chi connectivity index (χ4v) is 3.99. The Morgan fingerprint density at radius 3 is 3.10 bits per heavy atom. The van der Waals surface area contributed by atoms with Crippen molar-refractivity contribution in [1.29, 1.82) is 0 Å². The molecule has 0 bridgehead atoms. The van der Waals surface area contributed by atoms with E-state index in [0.29, 0.717) is 13.2 Å². The van der Waals surface area contributed by atoms with E-state index in [9.17, 15) is 4.79 Å². The molecule has 1 aliphatic rings. The van der Waals surface area contributed by atoms with Gasteiger partial charge in [0.25, 0.3) is 0 Å². The fraction of sp³-hybridized carbons (Fsp3) is 0.467. The molecule has 2 aromatic rings. The topological polar surface area (TPSA) is 51.2 Å². The van der Waals surface area contributed by atoms with Crippen molar-refractivity contribution in [1.82, 2.24) is 10.3 Å². The lowest BCUT2D eigenvalue weighted by Crippen LogP contribution is -2.35. The van der Waals surface area contributed by atoms with E-state index in [1.54, 1.807) is 22.7 Å². The molecule has 1 amide bonds. The quantitative estimate of drug-likeness (QED) is 0.921. The number of carbonyl (C=O) groups excluding carboxylic acids is 1. The SMILES string of the molecule is Cc1csc([C@H](Cc2cccs2)NC(=O)[C@@H]2CCOC2)n1. The Hall–Kier alpha value is -1.24. The highest BCUT2D eigenvalue weighted by atomic mass is 32.1. The smallest absolute Gasteiger partial charge is 0.226 e. The summed E-state index contributed by atoms with van der Waals surface area (Å²) in [5, 5.41) is 8.23. The van der Waals surface area contributed by atoms with Gasteiger partial charge in [0.15, 0.2) is 0 Å². The van der Waals surface area contributed by atoms with Gasteiger partial charge >= 0.3 is 0 Å². The van der Waals surface area contributed by atoms with Crippen LogP contribution in [0.25, 0.3) is 0 Å². The van der Waals surface area contributed by atoms with Crippen LogP contribution >= 0.6 is 22.7 Å². The molecule has 1 fully saturated rings. The molecule has 21 heavy (non-hydrogen) atoms. The maximum absolute atomic E-state index is 12.4. The number of ether oxygens (including phenoxy) is 1. The molecule has 1 saturated heterocycles. The summed E-state index contributed by atoms with van der Waals surface area (Å²) in [6, 6.07) is 4.09. The van der Waals surface area contributed by atoms with Gasteiger partial charge in [-0.1, -0.05) is 6.07 Å². The summed E-state index contributed by atoms with van der Waals surface area (Å²) in [5.74, 6) is 0.0683. The molecule has 0 unspecified atom stereocenters. The average molecular weight is 322 g/mol. The maximum Gasteiger partial charge on any atom is 0.226 e. The van der Waals surface area contributed by atoms with Crippen molar-refractivity contribution in [3.63, 3.8) is 0 Å². The number of thiazole rings is 1. The van der Waals surface area contributed by atoms with Gasteiger partial charge < -0.3 is 10.1 Å². The second kappa shape index (κ2) is 6.68. The third kappa shape index (κ3) is 3.70. The Balaban J connectivity index is 1.73. The highest BCUT2D eigenvalue weighted by Crippen LogP contribution is 2.25. The van der Waals surface area contributed by atoms with E-state index >= 15 is 0 Å². The van der Waals surface area contributed by atoms with Crippen molar-refractivity contribution in [3.8, 4) is 0 Å². The molecule has 3 rings (SSSR count). The molecule has 6 heteroatoms. The lowest BCUT2D eigenvalue weighted by atomic mass is 10.1. The van der Waals surface area contributed by atoms with Crippen molar-refractivity contribution >= 4 is 28.6 Å². The lowest BCUT2D eigenvalue weighted by molar-refractivity contribution is -0.125. The van der Waals surface area contributed by atoms with Gasteiger partial charge in [-0.05, 0) is 24.8 Å². The van der Waals surface area contributed by atoms with Crippen LogP contribution < -0.4 is 5.32 Å². The van der Waals surface area contributed by atoms with Gasteiger partial charge in [-0.2, -0.15) is 0 Å². The molecule has 112 valence electrons. The van der Waals surface area contributed by atoms with Crippen molar-refractivity contribution in [2.45, 2.75) is 25.8 Å². The predicted molar refractivity (Wildman–Crippen MR) is 84.7 cm³/mol. The Morgan fingerprint density at radius 1 is 1.57 bits per heavy atom. The molecule has 0 spiro atoms. The Labute approximate surface area is 132 Å². The zero-order valence-corrected chi connectivity index (χ0v) is 13.5. The fourth-order valence-electron chi connectivity index (χ4n) is 2.39. The third-order valence-electron chi connectivity index (χ3n) is 3.54. The van der Waals surface area contributed by atoms with Gasteiger partial charge in [0.1, 0.15) is 5.01 Å². The number of aromatic nitrogens is 1. The zero-order chi connectivity index (χ0) is 14.7. The minimum absolute atomic E-state index is 0.0168. The number of thiophene rings is 1. The van der Waals surface area contributed by atoms with E-state index in [1.165, 1.54) is 4.88 Å². The number of hydrogen-bond donors (Lipinski definition) is 1. The summed E-state index contributed by atoms with van der Waals surface area (Å²) in [6.45, 7) is 3.20. The van der Waals surface area contributed by atoms with Gasteiger partial charge in [-0.3, -0.25) is 4.79 Å². The van der Waals surface area contributed by atoms with Crippen LogP contribution in [0.15, 0.2) is 22.9 Å². The van der Waals surface area contributed by atoms with Crippen LogP contribution in [-0.2, 0) is 16.0 Å². The second-order valence-electron chi connectivity index (χ2n) is 5.23. The van der Waals surface area contributed by atoms with Crippen LogP contribution in [0.4, 0.5) is 0 Å². The van der Waals surface area contributed by atoms with Crippen LogP contribution in [0.1, 0.15) is 28.0 Å². The molecule has 0 saturated carbocycles.